The van der Waals surface area contributed by atoms with Gasteiger partial charge in [0.1, 0.15) is 0 Å². The highest BCUT2D eigenvalue weighted by Gasteiger charge is 2.41. The number of rotatable bonds is 10. The molecule has 0 bridgehead atoms. The maximum atomic E-state index is 12.1. The Morgan fingerprint density at radius 2 is 1.59 bits per heavy atom. The third kappa shape index (κ3) is 7.46. The van der Waals surface area contributed by atoms with Gasteiger partial charge in [-0.1, -0.05) is 37.1 Å². The lowest BCUT2D eigenvalue weighted by Gasteiger charge is -2.43. The van der Waals surface area contributed by atoms with E-state index in [9.17, 15) is 14.3 Å². The van der Waals surface area contributed by atoms with E-state index < -0.39 is 17.4 Å². The summed E-state index contributed by atoms with van der Waals surface area (Å²) in [6.07, 6.45) is 5.05. The van der Waals surface area contributed by atoms with Crippen molar-refractivity contribution in [2.45, 2.75) is 70.1 Å². The molecule has 6 heteroatoms. The maximum Gasteiger partial charge on any atom is 0.405 e. The Balaban J connectivity index is 1.85. The number of hydrogen-bond donors (Lipinski definition) is 2. The predicted octanol–water partition coefficient (Wildman–Crippen LogP) is 4.48. The number of hydrogen-bond acceptors (Lipinski definition) is 3. The first-order chi connectivity index (χ1) is 12.8. The van der Waals surface area contributed by atoms with Crippen molar-refractivity contribution in [2.75, 3.05) is 19.9 Å². The van der Waals surface area contributed by atoms with Gasteiger partial charge in [-0.05, 0) is 57.1 Å². The lowest BCUT2D eigenvalue weighted by atomic mass is 9.91. The van der Waals surface area contributed by atoms with Crippen LogP contribution in [0.1, 0.15) is 57.1 Å². The summed E-state index contributed by atoms with van der Waals surface area (Å²) >= 11 is 0. The van der Waals surface area contributed by atoms with Crippen LogP contribution in [-0.4, -0.2) is 42.4 Å². The number of carbonyl (C=O) groups is 1. The fourth-order valence-electron chi connectivity index (χ4n) is 3.25. The molecule has 0 spiro atoms. The second-order valence-corrected chi connectivity index (χ2v) is 7.86. The molecule has 1 aliphatic heterocycles. The average molecular weight is 381 g/mol. The number of halogens is 1. The average Bonchev–Trinajstić information content (AvgIpc) is 2.63. The Kier molecular flexibility index (Phi) is 8.05. The van der Waals surface area contributed by atoms with Crippen LogP contribution < -0.4 is 5.32 Å². The second-order valence-electron chi connectivity index (χ2n) is 7.86. The quantitative estimate of drug-likeness (QED) is 0.586. The molecule has 1 fully saturated rings. The van der Waals surface area contributed by atoms with Crippen LogP contribution in [0.3, 0.4) is 0 Å². The Labute approximate surface area is 161 Å². The van der Waals surface area contributed by atoms with Crippen LogP contribution in [0.2, 0.25) is 0 Å². The summed E-state index contributed by atoms with van der Waals surface area (Å²) in [6, 6.07) is 8.44. The van der Waals surface area contributed by atoms with Crippen LogP contribution in [0.25, 0.3) is 0 Å². The summed E-state index contributed by atoms with van der Waals surface area (Å²) in [4.78, 5) is 11.2. The summed E-state index contributed by atoms with van der Waals surface area (Å²) in [5, 5.41) is 11.8. The zero-order chi connectivity index (χ0) is 19.8. The minimum Gasteiger partial charge on any atom is -0.465 e. The molecule has 5 nitrogen and oxygen atoms in total. The second kappa shape index (κ2) is 10.0. The highest BCUT2D eigenvalue weighted by Crippen LogP contribution is 2.27. The molecule has 1 saturated heterocycles. The number of unbranched alkanes of at least 4 members (excludes halogenated alkanes) is 3. The van der Waals surface area contributed by atoms with Crippen molar-refractivity contribution >= 4 is 6.09 Å². The monoisotopic (exact) mass is 381 g/mol. The van der Waals surface area contributed by atoms with E-state index in [-0.39, 0.29) is 6.67 Å². The number of ether oxygens (including phenoxy) is 2. The molecule has 0 radical (unpaired) electrons. The SMILES string of the molecule is CC1(C)OCC(CCc2ccc(CCCCCCF)cc2)(NC(=O)O)CO1. The highest BCUT2D eigenvalue weighted by molar-refractivity contribution is 5.65. The smallest absolute Gasteiger partial charge is 0.405 e. The number of nitrogens with one attached hydrogen (secondary N) is 1. The van der Waals surface area contributed by atoms with Gasteiger partial charge in [0.25, 0.3) is 0 Å². The Morgan fingerprint density at radius 3 is 2.15 bits per heavy atom. The third-order valence-electron chi connectivity index (χ3n) is 5.03. The van der Waals surface area contributed by atoms with Crippen LogP contribution in [0.5, 0.6) is 0 Å². The van der Waals surface area contributed by atoms with Crippen molar-refractivity contribution in [3.63, 3.8) is 0 Å². The molecule has 2 N–H and O–H groups in total. The molecule has 0 aromatic heterocycles. The van der Waals surface area contributed by atoms with E-state index in [0.29, 0.717) is 26.1 Å². The molecule has 0 atom stereocenters. The van der Waals surface area contributed by atoms with Gasteiger partial charge in [-0.25, -0.2) is 4.79 Å². The van der Waals surface area contributed by atoms with E-state index in [2.05, 4.69) is 29.6 Å². The van der Waals surface area contributed by atoms with Gasteiger partial charge in [0, 0.05) is 0 Å². The standard InChI is InChI=1S/C21H32FNO4/c1-20(2)26-15-21(16-27-20,23-19(24)25)13-12-18-10-8-17(9-11-18)7-5-3-4-6-14-22/h8-11,23H,3-7,12-16H2,1-2H3,(H,24,25). The normalized spacial score (nSPS) is 18.2. The predicted molar refractivity (Wildman–Crippen MR) is 103 cm³/mol. The summed E-state index contributed by atoms with van der Waals surface area (Å²) in [5.74, 6) is -0.685. The Bertz CT molecular complexity index is 578. The number of carboxylic acid groups (broad SMARTS) is 1. The zero-order valence-electron chi connectivity index (χ0n) is 16.4. The van der Waals surface area contributed by atoms with E-state index in [1.807, 2.05) is 13.8 Å². The van der Waals surface area contributed by atoms with Crippen LogP contribution in [0, 0.1) is 0 Å². The van der Waals surface area contributed by atoms with Crippen LogP contribution in [-0.2, 0) is 22.3 Å². The largest absolute Gasteiger partial charge is 0.465 e. The molecular weight excluding hydrogens is 349 g/mol. The minimum atomic E-state index is -1.06. The van der Waals surface area contributed by atoms with Gasteiger partial charge < -0.3 is 19.9 Å². The molecule has 1 aliphatic rings. The summed E-state index contributed by atoms with van der Waals surface area (Å²) in [6.45, 7) is 4.02. The van der Waals surface area contributed by atoms with Crippen molar-refractivity contribution in [2.24, 2.45) is 0 Å². The Morgan fingerprint density at radius 1 is 1.04 bits per heavy atom. The molecule has 1 heterocycles. The number of alkyl halides is 1. The number of aryl methyl sites for hydroxylation is 2. The van der Waals surface area contributed by atoms with Gasteiger partial charge in [0.05, 0.1) is 25.4 Å². The molecule has 1 aromatic rings. The molecule has 0 saturated carbocycles. The first-order valence-corrected chi connectivity index (χ1v) is 9.77. The number of amides is 1. The van der Waals surface area contributed by atoms with E-state index in [4.69, 9.17) is 9.47 Å². The van der Waals surface area contributed by atoms with E-state index >= 15 is 0 Å². The number of benzene rings is 1. The third-order valence-corrected chi connectivity index (χ3v) is 5.03. The van der Waals surface area contributed by atoms with Crippen LogP contribution in [0.4, 0.5) is 9.18 Å². The van der Waals surface area contributed by atoms with Crippen LogP contribution >= 0.6 is 0 Å². The van der Waals surface area contributed by atoms with Gasteiger partial charge in [0.15, 0.2) is 5.79 Å². The van der Waals surface area contributed by atoms with Crippen molar-refractivity contribution in [1.82, 2.24) is 5.32 Å². The molecule has 2 rings (SSSR count). The van der Waals surface area contributed by atoms with Crippen molar-refractivity contribution in [1.29, 1.82) is 0 Å². The van der Waals surface area contributed by atoms with Crippen molar-refractivity contribution < 1.29 is 23.8 Å². The molecular formula is C21H32FNO4. The zero-order valence-corrected chi connectivity index (χ0v) is 16.4. The van der Waals surface area contributed by atoms with Crippen LogP contribution in [0.15, 0.2) is 24.3 Å². The maximum absolute atomic E-state index is 12.1. The lowest BCUT2D eigenvalue weighted by Crippen LogP contribution is -2.61. The summed E-state index contributed by atoms with van der Waals surface area (Å²) in [5.41, 5.74) is 1.72. The highest BCUT2D eigenvalue weighted by atomic mass is 19.1. The fourth-order valence-corrected chi connectivity index (χ4v) is 3.25. The van der Waals surface area contributed by atoms with Gasteiger partial charge in [0.2, 0.25) is 0 Å². The van der Waals surface area contributed by atoms with E-state index in [1.54, 1.807) is 0 Å². The van der Waals surface area contributed by atoms with Gasteiger partial charge >= 0.3 is 6.09 Å². The molecule has 1 aromatic carbocycles. The Hall–Kier alpha value is -1.66. The van der Waals surface area contributed by atoms with Gasteiger partial charge in [-0.3, -0.25) is 4.39 Å². The topological polar surface area (TPSA) is 67.8 Å². The summed E-state index contributed by atoms with van der Waals surface area (Å²) < 4.78 is 23.5. The molecule has 0 unspecified atom stereocenters. The molecule has 1 amide bonds. The van der Waals surface area contributed by atoms with Crippen molar-refractivity contribution in [3.8, 4) is 0 Å². The van der Waals surface area contributed by atoms with Gasteiger partial charge in [-0.2, -0.15) is 0 Å². The molecule has 0 aliphatic carbocycles. The molecule has 152 valence electrons. The summed E-state index contributed by atoms with van der Waals surface area (Å²) in [7, 11) is 0. The van der Waals surface area contributed by atoms with Crippen molar-refractivity contribution in [3.05, 3.63) is 35.4 Å². The fraction of sp³-hybridized carbons (Fsp3) is 0.667. The first kappa shape index (κ1) is 21.6. The van der Waals surface area contributed by atoms with E-state index in [0.717, 1.165) is 37.7 Å². The lowest BCUT2D eigenvalue weighted by molar-refractivity contribution is -0.271. The minimum absolute atomic E-state index is 0.222. The van der Waals surface area contributed by atoms with Gasteiger partial charge in [-0.15, -0.1) is 0 Å². The molecule has 27 heavy (non-hydrogen) atoms. The first-order valence-electron chi connectivity index (χ1n) is 9.77. The van der Waals surface area contributed by atoms with E-state index in [1.165, 1.54) is 5.56 Å².